The normalized spacial score (nSPS) is 25.5. The third-order valence-corrected chi connectivity index (χ3v) is 7.11. The third kappa shape index (κ3) is 3.37. The van der Waals surface area contributed by atoms with E-state index in [4.69, 9.17) is 14.2 Å². The number of rotatable bonds is 4. The number of carbonyl (C=O) groups excluding carboxylic acids is 2. The molecule has 0 bridgehead atoms. The fourth-order valence-corrected chi connectivity index (χ4v) is 5.43. The Balaban J connectivity index is 1.73. The molecule has 0 radical (unpaired) electrons. The molecule has 5 rings (SSSR count). The van der Waals surface area contributed by atoms with E-state index in [0.29, 0.717) is 17.1 Å². The number of Topliss-reactive ketones (excluding diaryl/α,β-unsaturated/α-hetero) is 1. The van der Waals surface area contributed by atoms with E-state index in [2.05, 4.69) is 5.32 Å². The summed E-state index contributed by atoms with van der Waals surface area (Å²) >= 11 is 0. The maximum atomic E-state index is 14.4. The minimum absolute atomic E-state index is 0.0420. The fourth-order valence-electron chi connectivity index (χ4n) is 5.43. The molecule has 4 atom stereocenters. The van der Waals surface area contributed by atoms with E-state index in [1.54, 1.807) is 13.2 Å². The van der Waals surface area contributed by atoms with Gasteiger partial charge in [0, 0.05) is 12.0 Å². The smallest absolute Gasteiger partial charge is 0.323 e. The quantitative estimate of drug-likeness (QED) is 0.591. The van der Waals surface area contributed by atoms with Crippen LogP contribution in [0.3, 0.4) is 0 Å². The summed E-state index contributed by atoms with van der Waals surface area (Å²) in [5, 5.41) is 3.46. The van der Waals surface area contributed by atoms with Crippen molar-refractivity contribution >= 4 is 11.8 Å². The summed E-state index contributed by atoms with van der Waals surface area (Å²) in [5.74, 6) is 0.337. The number of fused-ring (bicyclic) bond motifs is 1. The van der Waals surface area contributed by atoms with Gasteiger partial charge in [-0.15, -0.1) is 0 Å². The molecular formula is C28H27NO5. The van der Waals surface area contributed by atoms with E-state index < -0.39 is 29.4 Å². The first kappa shape index (κ1) is 22.2. The summed E-state index contributed by atoms with van der Waals surface area (Å²) in [6.07, 6.45) is 0. The average molecular weight is 458 g/mol. The lowest BCUT2D eigenvalue weighted by molar-refractivity contribution is -0.143. The van der Waals surface area contributed by atoms with Crippen molar-refractivity contribution in [3.05, 3.63) is 95.1 Å². The molecule has 6 nitrogen and oxygen atoms in total. The largest absolute Gasteiger partial charge is 0.497 e. The Labute approximate surface area is 198 Å². The van der Waals surface area contributed by atoms with Crippen molar-refractivity contribution in [1.82, 2.24) is 5.32 Å². The Bertz CT molecular complexity index is 1220. The minimum atomic E-state index is -1.06. The molecular weight excluding hydrogens is 430 g/mol. The lowest BCUT2D eigenvalue weighted by atomic mass is 9.62. The highest BCUT2D eigenvalue weighted by atomic mass is 16.5. The minimum Gasteiger partial charge on any atom is -0.497 e. The van der Waals surface area contributed by atoms with Crippen molar-refractivity contribution in [2.45, 2.75) is 24.9 Å². The highest BCUT2D eigenvalue weighted by Gasteiger charge is 2.64. The molecule has 174 valence electrons. The number of hydrogen-bond acceptors (Lipinski definition) is 6. The number of hydrogen-bond donors (Lipinski definition) is 1. The first-order chi connectivity index (χ1) is 16.5. The van der Waals surface area contributed by atoms with Crippen LogP contribution in [0.2, 0.25) is 0 Å². The predicted octanol–water partition coefficient (Wildman–Crippen LogP) is 4.24. The Morgan fingerprint density at radius 2 is 1.65 bits per heavy atom. The summed E-state index contributed by atoms with van der Waals surface area (Å²) in [4.78, 5) is 27.4. The van der Waals surface area contributed by atoms with Crippen LogP contribution in [-0.4, -0.2) is 38.6 Å². The molecule has 2 heterocycles. The van der Waals surface area contributed by atoms with Crippen molar-refractivity contribution in [3.63, 3.8) is 0 Å². The van der Waals surface area contributed by atoms with Crippen LogP contribution in [0.25, 0.3) is 0 Å². The van der Waals surface area contributed by atoms with E-state index in [-0.39, 0.29) is 12.4 Å². The molecule has 3 aromatic rings. The van der Waals surface area contributed by atoms with Crippen LogP contribution in [0.1, 0.15) is 39.0 Å². The SMILES string of the molecule is COC(=O)[C@@H]1N[C@H](c2ccc(OC)cc2)[C@@]2(COc3ccccc3C2=O)[C@H]1c1ccc(C)cc1. The van der Waals surface area contributed by atoms with Gasteiger partial charge in [0.1, 0.15) is 24.1 Å². The topological polar surface area (TPSA) is 73.9 Å². The van der Waals surface area contributed by atoms with Gasteiger partial charge < -0.3 is 14.2 Å². The maximum absolute atomic E-state index is 14.4. The first-order valence-corrected chi connectivity index (χ1v) is 11.3. The molecule has 34 heavy (non-hydrogen) atoms. The van der Waals surface area contributed by atoms with Crippen molar-refractivity contribution in [1.29, 1.82) is 0 Å². The van der Waals surface area contributed by atoms with Crippen LogP contribution in [0.15, 0.2) is 72.8 Å². The zero-order chi connectivity index (χ0) is 23.9. The van der Waals surface area contributed by atoms with Crippen molar-refractivity contribution in [2.75, 3.05) is 20.8 Å². The summed E-state index contributed by atoms with van der Waals surface area (Å²) in [7, 11) is 2.98. The third-order valence-electron chi connectivity index (χ3n) is 7.11. The zero-order valence-electron chi connectivity index (χ0n) is 19.4. The van der Waals surface area contributed by atoms with E-state index >= 15 is 0 Å². The molecule has 0 aliphatic carbocycles. The van der Waals surface area contributed by atoms with E-state index in [1.807, 2.05) is 73.7 Å². The highest BCUT2D eigenvalue weighted by Crippen LogP contribution is 2.57. The lowest BCUT2D eigenvalue weighted by Gasteiger charge is -2.41. The molecule has 1 fully saturated rings. The van der Waals surface area contributed by atoms with Gasteiger partial charge in [-0.3, -0.25) is 14.9 Å². The van der Waals surface area contributed by atoms with Gasteiger partial charge in [-0.25, -0.2) is 0 Å². The number of ketones is 1. The van der Waals surface area contributed by atoms with E-state index in [9.17, 15) is 9.59 Å². The van der Waals surface area contributed by atoms with Crippen molar-refractivity contribution < 1.29 is 23.8 Å². The van der Waals surface area contributed by atoms with Crippen LogP contribution in [0, 0.1) is 12.3 Å². The molecule has 1 N–H and O–H groups in total. The lowest BCUT2D eigenvalue weighted by Crippen LogP contribution is -2.48. The second-order valence-corrected chi connectivity index (χ2v) is 8.92. The van der Waals surface area contributed by atoms with Crippen LogP contribution < -0.4 is 14.8 Å². The Morgan fingerprint density at radius 1 is 0.971 bits per heavy atom. The maximum Gasteiger partial charge on any atom is 0.323 e. The molecule has 6 heteroatoms. The summed E-state index contributed by atoms with van der Waals surface area (Å²) in [6, 6.07) is 21.6. The molecule has 1 spiro atoms. The van der Waals surface area contributed by atoms with Crippen LogP contribution >= 0.6 is 0 Å². The monoisotopic (exact) mass is 457 g/mol. The number of nitrogens with one attached hydrogen (secondary N) is 1. The summed E-state index contributed by atoms with van der Waals surface area (Å²) in [5.41, 5.74) is 2.33. The van der Waals surface area contributed by atoms with Gasteiger partial charge in [-0.1, -0.05) is 54.1 Å². The van der Waals surface area contributed by atoms with Gasteiger partial charge in [0.15, 0.2) is 5.78 Å². The molecule has 3 aromatic carbocycles. The number of ether oxygens (including phenoxy) is 3. The van der Waals surface area contributed by atoms with Crippen LogP contribution in [0.5, 0.6) is 11.5 Å². The van der Waals surface area contributed by atoms with Crippen molar-refractivity contribution in [2.24, 2.45) is 5.41 Å². The highest BCUT2D eigenvalue weighted by molar-refractivity contribution is 6.06. The summed E-state index contributed by atoms with van der Waals surface area (Å²) in [6.45, 7) is 2.15. The molecule has 0 unspecified atom stereocenters. The number of aryl methyl sites for hydroxylation is 1. The molecule has 2 aliphatic heterocycles. The van der Waals surface area contributed by atoms with Crippen LogP contribution in [0.4, 0.5) is 0 Å². The summed E-state index contributed by atoms with van der Waals surface area (Å²) < 4.78 is 16.8. The predicted molar refractivity (Wildman–Crippen MR) is 127 cm³/mol. The van der Waals surface area contributed by atoms with Gasteiger partial charge in [-0.05, 0) is 42.3 Å². The fraction of sp³-hybridized carbons (Fsp3) is 0.286. The second kappa shape index (κ2) is 8.61. The number of carbonyl (C=O) groups is 2. The van der Waals surface area contributed by atoms with E-state index in [1.165, 1.54) is 7.11 Å². The molecule has 0 amide bonds. The number of methoxy groups -OCH3 is 2. The standard InChI is InChI=1S/C28H27NO5/c1-17-8-10-18(11-9-17)23-24(27(31)33-3)29-25(19-12-14-20(32-2)15-13-19)28(23)16-34-22-7-5-4-6-21(22)26(28)30/h4-15,23-25,29H,16H2,1-3H3/t23-,24+,25+,28+/m0/s1. The average Bonchev–Trinajstić information content (AvgIpc) is 3.22. The number of benzene rings is 3. The molecule has 2 aliphatic rings. The Morgan fingerprint density at radius 3 is 2.32 bits per heavy atom. The van der Waals surface area contributed by atoms with Gasteiger partial charge >= 0.3 is 5.97 Å². The zero-order valence-corrected chi connectivity index (χ0v) is 19.4. The first-order valence-electron chi connectivity index (χ1n) is 11.3. The van der Waals surface area contributed by atoms with Gasteiger partial charge in [0.25, 0.3) is 0 Å². The number of esters is 1. The molecule has 0 aromatic heterocycles. The Hall–Kier alpha value is -3.64. The second-order valence-electron chi connectivity index (χ2n) is 8.92. The molecule has 1 saturated heterocycles. The van der Waals surface area contributed by atoms with Gasteiger partial charge in [-0.2, -0.15) is 0 Å². The molecule has 0 saturated carbocycles. The van der Waals surface area contributed by atoms with Gasteiger partial charge in [0.2, 0.25) is 0 Å². The number of para-hydroxylation sites is 1. The van der Waals surface area contributed by atoms with Crippen molar-refractivity contribution in [3.8, 4) is 11.5 Å². The van der Waals surface area contributed by atoms with E-state index in [0.717, 1.165) is 16.7 Å². The Kier molecular flexibility index (Phi) is 5.62. The van der Waals surface area contributed by atoms with Crippen LogP contribution in [-0.2, 0) is 9.53 Å². The van der Waals surface area contributed by atoms with Gasteiger partial charge in [0.05, 0.1) is 25.2 Å².